The highest BCUT2D eigenvalue weighted by Gasteiger charge is 2.21. The molecule has 1 saturated heterocycles. The highest BCUT2D eigenvalue weighted by atomic mass is 16.5. The minimum Gasteiger partial charge on any atom is -0.497 e. The van der Waals surface area contributed by atoms with E-state index in [0.717, 1.165) is 48.6 Å². The van der Waals surface area contributed by atoms with E-state index in [4.69, 9.17) is 4.74 Å². The van der Waals surface area contributed by atoms with E-state index in [1.807, 2.05) is 53.4 Å². The first-order chi connectivity index (χ1) is 16.1. The van der Waals surface area contributed by atoms with Gasteiger partial charge in [-0.05, 0) is 54.8 Å². The lowest BCUT2D eigenvalue weighted by atomic mass is 9.96. The van der Waals surface area contributed by atoms with Crippen LogP contribution in [0.3, 0.4) is 0 Å². The number of amides is 3. The molecule has 0 aromatic heterocycles. The molecule has 0 atom stereocenters. The van der Waals surface area contributed by atoms with E-state index in [2.05, 4.69) is 15.5 Å². The van der Waals surface area contributed by atoms with Crippen LogP contribution in [0.1, 0.15) is 37.7 Å². The minimum absolute atomic E-state index is 0.126. The predicted molar refractivity (Wildman–Crippen MR) is 131 cm³/mol. The Bertz CT molecular complexity index is 916. The molecule has 176 valence electrons. The number of carbonyl (C=O) groups is 2. The van der Waals surface area contributed by atoms with Gasteiger partial charge >= 0.3 is 6.03 Å². The van der Waals surface area contributed by atoms with E-state index >= 15 is 0 Å². The first-order valence-electron chi connectivity index (χ1n) is 11.9. The van der Waals surface area contributed by atoms with E-state index in [0.29, 0.717) is 25.6 Å². The number of nitrogens with one attached hydrogen (secondary N) is 2. The molecular formula is C26H34N4O3. The molecule has 2 aliphatic rings. The van der Waals surface area contributed by atoms with Crippen molar-refractivity contribution >= 4 is 23.3 Å². The van der Waals surface area contributed by atoms with Gasteiger partial charge in [0.15, 0.2) is 0 Å². The molecule has 33 heavy (non-hydrogen) atoms. The molecule has 1 aliphatic carbocycles. The molecule has 1 heterocycles. The second-order valence-corrected chi connectivity index (χ2v) is 8.87. The third-order valence-corrected chi connectivity index (χ3v) is 6.58. The van der Waals surface area contributed by atoms with Crippen molar-refractivity contribution in [3.05, 3.63) is 54.1 Å². The number of urea groups is 1. The predicted octanol–water partition coefficient (Wildman–Crippen LogP) is 4.04. The van der Waals surface area contributed by atoms with Gasteiger partial charge in [-0.15, -0.1) is 0 Å². The number of nitrogens with zero attached hydrogens (tertiary/aromatic N) is 2. The quantitative estimate of drug-likeness (QED) is 0.697. The molecule has 7 nitrogen and oxygen atoms in total. The van der Waals surface area contributed by atoms with Gasteiger partial charge in [-0.1, -0.05) is 31.4 Å². The number of benzene rings is 2. The van der Waals surface area contributed by atoms with Crippen LogP contribution in [-0.4, -0.2) is 56.2 Å². The number of hydrogen-bond acceptors (Lipinski definition) is 4. The van der Waals surface area contributed by atoms with Crippen LogP contribution in [0.5, 0.6) is 5.75 Å². The lowest BCUT2D eigenvalue weighted by Crippen LogP contribution is -2.49. The third-order valence-electron chi connectivity index (χ3n) is 6.58. The van der Waals surface area contributed by atoms with E-state index in [-0.39, 0.29) is 11.9 Å². The number of carbonyl (C=O) groups excluding carboxylic acids is 2. The van der Waals surface area contributed by atoms with Crippen molar-refractivity contribution in [3.63, 3.8) is 0 Å². The average molecular weight is 451 g/mol. The average Bonchev–Trinajstić information content (AvgIpc) is 2.85. The van der Waals surface area contributed by atoms with Crippen molar-refractivity contribution in [1.29, 1.82) is 0 Å². The first kappa shape index (κ1) is 23.0. The second-order valence-electron chi connectivity index (χ2n) is 8.87. The van der Waals surface area contributed by atoms with Gasteiger partial charge in [-0.3, -0.25) is 4.79 Å². The summed E-state index contributed by atoms with van der Waals surface area (Å²) in [6.45, 7) is 3.00. The van der Waals surface area contributed by atoms with Crippen molar-refractivity contribution in [2.24, 2.45) is 0 Å². The van der Waals surface area contributed by atoms with Crippen LogP contribution in [0.2, 0.25) is 0 Å². The maximum atomic E-state index is 12.7. The van der Waals surface area contributed by atoms with Gasteiger partial charge in [0.25, 0.3) is 0 Å². The zero-order valence-electron chi connectivity index (χ0n) is 19.4. The van der Waals surface area contributed by atoms with E-state index in [9.17, 15) is 9.59 Å². The molecule has 4 rings (SSSR count). The molecule has 0 radical (unpaired) electrons. The summed E-state index contributed by atoms with van der Waals surface area (Å²) in [6, 6.07) is 15.8. The van der Waals surface area contributed by atoms with Crippen LogP contribution in [0, 0.1) is 0 Å². The van der Waals surface area contributed by atoms with Crippen molar-refractivity contribution in [1.82, 2.24) is 10.2 Å². The summed E-state index contributed by atoms with van der Waals surface area (Å²) < 4.78 is 5.18. The van der Waals surface area contributed by atoms with E-state index in [1.165, 1.54) is 19.3 Å². The van der Waals surface area contributed by atoms with Crippen LogP contribution < -0.4 is 20.3 Å². The third kappa shape index (κ3) is 6.40. The largest absolute Gasteiger partial charge is 0.497 e. The Balaban J connectivity index is 1.22. The molecular weight excluding hydrogens is 416 g/mol. The molecule has 0 spiro atoms. The maximum absolute atomic E-state index is 12.7. The number of ether oxygens (including phenoxy) is 1. The van der Waals surface area contributed by atoms with Crippen molar-refractivity contribution in [2.45, 2.75) is 44.6 Å². The van der Waals surface area contributed by atoms with Gasteiger partial charge in [-0.2, -0.15) is 0 Å². The molecule has 3 amide bonds. The first-order valence-corrected chi connectivity index (χ1v) is 11.9. The van der Waals surface area contributed by atoms with Gasteiger partial charge in [0, 0.05) is 43.6 Å². The molecule has 1 aliphatic heterocycles. The molecule has 0 bridgehead atoms. The fourth-order valence-electron chi connectivity index (χ4n) is 4.60. The Kier molecular flexibility index (Phi) is 7.70. The molecule has 1 saturated carbocycles. The lowest BCUT2D eigenvalue weighted by Gasteiger charge is -2.36. The monoisotopic (exact) mass is 450 g/mol. The zero-order chi connectivity index (χ0) is 23.0. The molecule has 2 aromatic rings. The minimum atomic E-state index is -0.126. The molecule has 2 fully saturated rings. The number of methoxy groups -OCH3 is 1. The summed E-state index contributed by atoms with van der Waals surface area (Å²) in [7, 11) is 1.64. The van der Waals surface area contributed by atoms with Crippen molar-refractivity contribution < 1.29 is 14.3 Å². The van der Waals surface area contributed by atoms with Gasteiger partial charge in [0.05, 0.1) is 13.5 Å². The van der Waals surface area contributed by atoms with Crippen LogP contribution in [0.25, 0.3) is 0 Å². The van der Waals surface area contributed by atoms with Crippen LogP contribution in [-0.2, 0) is 11.2 Å². The van der Waals surface area contributed by atoms with E-state index < -0.39 is 0 Å². The summed E-state index contributed by atoms with van der Waals surface area (Å²) in [5, 5.41) is 6.02. The van der Waals surface area contributed by atoms with Gasteiger partial charge in [0.1, 0.15) is 5.75 Å². The zero-order valence-corrected chi connectivity index (χ0v) is 19.4. The van der Waals surface area contributed by atoms with Crippen molar-refractivity contribution in [3.8, 4) is 5.75 Å². The molecule has 2 aromatic carbocycles. The van der Waals surface area contributed by atoms with Gasteiger partial charge in [0.2, 0.25) is 5.91 Å². The van der Waals surface area contributed by atoms with Crippen LogP contribution in [0.15, 0.2) is 48.5 Å². The topological polar surface area (TPSA) is 73.9 Å². The SMILES string of the molecule is COc1ccc(CC(=O)N2CCN(c3ccc(NC(=O)NC4CCCCC4)cc3)CC2)cc1. The summed E-state index contributed by atoms with van der Waals surface area (Å²) in [5.41, 5.74) is 2.90. The van der Waals surface area contributed by atoms with Gasteiger partial charge < -0.3 is 25.2 Å². The normalized spacial score (nSPS) is 16.9. The van der Waals surface area contributed by atoms with Crippen LogP contribution in [0.4, 0.5) is 16.2 Å². The second kappa shape index (κ2) is 11.1. The Morgan fingerprint density at radius 3 is 2.21 bits per heavy atom. The van der Waals surface area contributed by atoms with Gasteiger partial charge in [-0.25, -0.2) is 4.79 Å². The van der Waals surface area contributed by atoms with E-state index in [1.54, 1.807) is 7.11 Å². The maximum Gasteiger partial charge on any atom is 0.319 e. The summed E-state index contributed by atoms with van der Waals surface area (Å²) in [4.78, 5) is 29.2. The number of hydrogen-bond donors (Lipinski definition) is 2. The standard InChI is InChI=1S/C26H34N4O3/c1-33-24-13-7-20(8-14-24)19-25(31)30-17-15-29(16-18-30)23-11-9-22(10-12-23)28-26(32)27-21-5-3-2-4-6-21/h7-14,21H,2-6,15-19H2,1H3,(H2,27,28,32). The number of rotatable bonds is 6. The lowest BCUT2D eigenvalue weighted by molar-refractivity contribution is -0.130. The summed E-state index contributed by atoms with van der Waals surface area (Å²) in [5.74, 6) is 0.953. The fraction of sp³-hybridized carbons (Fsp3) is 0.462. The Hall–Kier alpha value is -3.22. The Labute approximate surface area is 196 Å². The Morgan fingerprint density at radius 2 is 1.58 bits per heavy atom. The summed E-state index contributed by atoms with van der Waals surface area (Å²) >= 11 is 0. The summed E-state index contributed by atoms with van der Waals surface area (Å²) in [6.07, 6.45) is 6.21. The smallest absolute Gasteiger partial charge is 0.319 e. The molecule has 2 N–H and O–H groups in total. The Morgan fingerprint density at radius 1 is 0.909 bits per heavy atom. The highest BCUT2D eigenvalue weighted by Crippen LogP contribution is 2.21. The number of piperazine rings is 1. The molecule has 0 unspecified atom stereocenters. The van der Waals surface area contributed by atoms with Crippen LogP contribution >= 0.6 is 0 Å². The fourth-order valence-corrected chi connectivity index (χ4v) is 4.60. The van der Waals surface area contributed by atoms with Crippen molar-refractivity contribution in [2.75, 3.05) is 43.5 Å². The number of anilines is 2. The highest BCUT2D eigenvalue weighted by molar-refractivity contribution is 5.89. The molecule has 7 heteroatoms.